The summed E-state index contributed by atoms with van der Waals surface area (Å²) in [5, 5.41) is 0. The van der Waals surface area contributed by atoms with Crippen molar-refractivity contribution in [2.45, 2.75) is 66.0 Å². The smallest absolute Gasteiger partial charge is 0.242 e. The molecule has 6 nitrogen and oxygen atoms in total. The summed E-state index contributed by atoms with van der Waals surface area (Å²) < 4.78 is 2.01. The predicted molar refractivity (Wildman–Crippen MR) is 137 cm³/mol. The number of carbonyl (C=O) groups excluding carboxylic acids is 2. The minimum Gasteiger partial charge on any atom is -0.337 e. The van der Waals surface area contributed by atoms with Crippen LogP contribution < -0.4 is 4.90 Å². The molecule has 0 saturated carbocycles. The monoisotopic (exact) mass is 460 g/mol. The largest absolute Gasteiger partial charge is 0.337 e. The maximum absolute atomic E-state index is 13.6. The first-order chi connectivity index (χ1) is 16.5. The Morgan fingerprint density at radius 1 is 0.912 bits per heavy atom. The third-order valence-corrected chi connectivity index (χ3v) is 6.70. The summed E-state index contributed by atoms with van der Waals surface area (Å²) in [6, 6.07) is 16.0. The van der Waals surface area contributed by atoms with Gasteiger partial charge in [-0.05, 0) is 43.5 Å². The summed E-state index contributed by atoms with van der Waals surface area (Å²) in [5.41, 5.74) is 3.85. The van der Waals surface area contributed by atoms with E-state index in [4.69, 9.17) is 0 Å². The van der Waals surface area contributed by atoms with E-state index in [1.54, 1.807) is 0 Å². The molecular weight excluding hydrogens is 424 g/mol. The SMILES string of the molecule is Cc1nc2ccccc2n1CC(=O)N1CCCCCCCN(C(=O)C(C)C)c2ccccc2C1. The molecule has 0 radical (unpaired) electrons. The van der Waals surface area contributed by atoms with Gasteiger partial charge < -0.3 is 14.4 Å². The van der Waals surface area contributed by atoms with E-state index < -0.39 is 0 Å². The second-order valence-corrected chi connectivity index (χ2v) is 9.59. The fraction of sp³-hybridized carbons (Fsp3) is 0.464. The van der Waals surface area contributed by atoms with Crippen LogP contribution in [0.2, 0.25) is 0 Å². The first-order valence-corrected chi connectivity index (χ1v) is 12.5. The van der Waals surface area contributed by atoms with Gasteiger partial charge in [0.2, 0.25) is 11.8 Å². The predicted octanol–water partition coefficient (Wildman–Crippen LogP) is 5.33. The van der Waals surface area contributed by atoms with Gasteiger partial charge in [0.15, 0.2) is 0 Å². The van der Waals surface area contributed by atoms with Crippen LogP contribution in [-0.4, -0.2) is 39.4 Å². The van der Waals surface area contributed by atoms with Crippen molar-refractivity contribution in [3.05, 3.63) is 59.9 Å². The number of hydrogen-bond acceptors (Lipinski definition) is 3. The molecule has 0 aliphatic carbocycles. The molecule has 0 spiro atoms. The summed E-state index contributed by atoms with van der Waals surface area (Å²) in [4.78, 5) is 35.2. The molecule has 34 heavy (non-hydrogen) atoms. The normalized spacial score (nSPS) is 15.6. The quantitative estimate of drug-likeness (QED) is 0.531. The number of benzene rings is 2. The average Bonchev–Trinajstić information content (AvgIpc) is 3.14. The highest BCUT2D eigenvalue weighted by molar-refractivity contribution is 5.95. The average molecular weight is 461 g/mol. The molecule has 0 N–H and O–H groups in total. The molecule has 3 aromatic rings. The Labute approximate surface area is 202 Å². The highest BCUT2D eigenvalue weighted by atomic mass is 16.2. The highest BCUT2D eigenvalue weighted by Crippen LogP contribution is 2.26. The maximum Gasteiger partial charge on any atom is 0.242 e. The zero-order valence-corrected chi connectivity index (χ0v) is 20.7. The van der Waals surface area contributed by atoms with Crippen LogP contribution >= 0.6 is 0 Å². The number of imidazole rings is 1. The lowest BCUT2D eigenvalue weighted by molar-refractivity contribution is -0.132. The molecule has 1 aliphatic rings. The van der Waals surface area contributed by atoms with Gasteiger partial charge >= 0.3 is 0 Å². The van der Waals surface area contributed by atoms with E-state index in [1.807, 2.05) is 77.6 Å². The molecule has 0 unspecified atom stereocenters. The van der Waals surface area contributed by atoms with Crippen LogP contribution in [0.5, 0.6) is 0 Å². The van der Waals surface area contributed by atoms with Crippen LogP contribution in [0.3, 0.4) is 0 Å². The van der Waals surface area contributed by atoms with Gasteiger partial charge in [-0.15, -0.1) is 0 Å². The molecule has 1 aliphatic heterocycles. The van der Waals surface area contributed by atoms with Crippen molar-refractivity contribution >= 4 is 28.5 Å². The van der Waals surface area contributed by atoms with Crippen LogP contribution in [0.25, 0.3) is 11.0 Å². The van der Waals surface area contributed by atoms with E-state index in [0.717, 1.165) is 73.3 Å². The summed E-state index contributed by atoms with van der Waals surface area (Å²) in [6.07, 6.45) is 5.31. The van der Waals surface area contributed by atoms with Crippen LogP contribution in [0.15, 0.2) is 48.5 Å². The summed E-state index contributed by atoms with van der Waals surface area (Å²) in [7, 11) is 0. The van der Waals surface area contributed by atoms with Gasteiger partial charge in [-0.2, -0.15) is 0 Å². The number of rotatable bonds is 3. The fourth-order valence-corrected chi connectivity index (χ4v) is 4.80. The minimum absolute atomic E-state index is 0.0730. The number of hydrogen-bond donors (Lipinski definition) is 0. The lowest BCUT2D eigenvalue weighted by atomic mass is 10.1. The van der Waals surface area contributed by atoms with Crippen molar-refractivity contribution in [1.29, 1.82) is 0 Å². The van der Waals surface area contributed by atoms with Gasteiger partial charge in [0.1, 0.15) is 12.4 Å². The number of anilines is 1. The molecule has 0 fully saturated rings. The second-order valence-electron chi connectivity index (χ2n) is 9.59. The highest BCUT2D eigenvalue weighted by Gasteiger charge is 2.24. The number of amides is 2. The molecule has 1 aromatic heterocycles. The third-order valence-electron chi connectivity index (χ3n) is 6.70. The summed E-state index contributed by atoms with van der Waals surface area (Å²) >= 11 is 0. The molecular formula is C28H36N4O2. The van der Waals surface area contributed by atoms with Crippen LogP contribution in [0, 0.1) is 12.8 Å². The van der Waals surface area contributed by atoms with Gasteiger partial charge in [-0.1, -0.05) is 63.4 Å². The number of carbonyl (C=O) groups is 2. The van der Waals surface area contributed by atoms with Crippen LogP contribution in [-0.2, 0) is 22.7 Å². The number of para-hydroxylation sites is 3. The molecule has 2 aromatic carbocycles. The standard InChI is InChI=1S/C28H36N4O2/c1-21(2)28(34)31-18-12-6-4-5-11-17-30(19-23-13-7-9-15-25(23)31)27(33)20-32-22(3)29-24-14-8-10-16-26(24)32/h7-10,13-16,21H,4-6,11-12,17-20H2,1-3H3. The van der Waals surface area contributed by atoms with E-state index in [2.05, 4.69) is 11.1 Å². The Bertz CT molecular complexity index is 1150. The van der Waals surface area contributed by atoms with Gasteiger partial charge in [0.25, 0.3) is 0 Å². The van der Waals surface area contributed by atoms with Crippen molar-refractivity contribution < 1.29 is 9.59 Å². The molecule has 0 bridgehead atoms. The Kier molecular flexibility index (Phi) is 7.66. The van der Waals surface area contributed by atoms with Crippen molar-refractivity contribution in [3.8, 4) is 0 Å². The minimum atomic E-state index is -0.0730. The van der Waals surface area contributed by atoms with Crippen LogP contribution in [0.1, 0.15) is 57.3 Å². The van der Waals surface area contributed by atoms with Gasteiger partial charge in [0, 0.05) is 31.2 Å². The Hall–Kier alpha value is -3.15. The van der Waals surface area contributed by atoms with Crippen molar-refractivity contribution in [2.75, 3.05) is 18.0 Å². The van der Waals surface area contributed by atoms with Gasteiger partial charge in [-0.25, -0.2) is 4.98 Å². The zero-order chi connectivity index (χ0) is 24.1. The van der Waals surface area contributed by atoms with Gasteiger partial charge in [-0.3, -0.25) is 9.59 Å². The molecule has 2 heterocycles. The molecule has 4 rings (SSSR count). The Morgan fingerprint density at radius 2 is 1.59 bits per heavy atom. The van der Waals surface area contributed by atoms with E-state index >= 15 is 0 Å². The summed E-state index contributed by atoms with van der Waals surface area (Å²) in [5.74, 6) is 0.997. The van der Waals surface area contributed by atoms with E-state index in [1.165, 1.54) is 0 Å². The molecule has 180 valence electrons. The lowest BCUT2D eigenvalue weighted by Crippen LogP contribution is -2.38. The molecule has 2 amide bonds. The van der Waals surface area contributed by atoms with Crippen molar-refractivity contribution in [1.82, 2.24) is 14.5 Å². The second kappa shape index (κ2) is 10.9. The molecule has 0 saturated heterocycles. The number of aryl methyl sites for hydroxylation is 1. The topological polar surface area (TPSA) is 58.4 Å². The lowest BCUT2D eigenvalue weighted by Gasteiger charge is -2.30. The van der Waals surface area contributed by atoms with E-state index in [-0.39, 0.29) is 24.3 Å². The maximum atomic E-state index is 13.6. The Balaban J connectivity index is 1.64. The number of nitrogens with zero attached hydrogens (tertiary/aromatic N) is 4. The number of aromatic nitrogens is 2. The first-order valence-electron chi connectivity index (χ1n) is 12.5. The van der Waals surface area contributed by atoms with Crippen molar-refractivity contribution in [3.63, 3.8) is 0 Å². The van der Waals surface area contributed by atoms with E-state index in [9.17, 15) is 9.59 Å². The first kappa shape index (κ1) is 24.0. The van der Waals surface area contributed by atoms with Crippen LogP contribution in [0.4, 0.5) is 5.69 Å². The summed E-state index contributed by atoms with van der Waals surface area (Å²) in [6.45, 7) is 8.07. The third kappa shape index (κ3) is 5.32. The molecule has 0 atom stereocenters. The number of fused-ring (bicyclic) bond motifs is 2. The van der Waals surface area contributed by atoms with Gasteiger partial charge in [0.05, 0.1) is 11.0 Å². The fourth-order valence-electron chi connectivity index (χ4n) is 4.80. The molecule has 6 heteroatoms. The van der Waals surface area contributed by atoms with E-state index in [0.29, 0.717) is 6.54 Å². The zero-order valence-electron chi connectivity index (χ0n) is 20.7. The Morgan fingerprint density at radius 3 is 2.38 bits per heavy atom. The van der Waals surface area contributed by atoms with Crippen molar-refractivity contribution in [2.24, 2.45) is 5.92 Å².